The zero-order chi connectivity index (χ0) is 24.4. The Morgan fingerprint density at radius 2 is 1.83 bits per heavy atom. The van der Waals surface area contributed by atoms with Crippen molar-refractivity contribution in [2.45, 2.75) is 65.0 Å². The van der Waals surface area contributed by atoms with E-state index in [1.54, 1.807) is 10.7 Å². The number of imidazole rings is 1. The minimum Gasteiger partial charge on any atom is -0.379 e. The Labute approximate surface area is 207 Å². The van der Waals surface area contributed by atoms with Gasteiger partial charge in [-0.3, -0.25) is 4.90 Å². The molecule has 6 rings (SSSR count). The van der Waals surface area contributed by atoms with Gasteiger partial charge in [-0.1, -0.05) is 19.3 Å². The molecule has 188 valence electrons. The van der Waals surface area contributed by atoms with Gasteiger partial charge in [0.1, 0.15) is 5.82 Å². The van der Waals surface area contributed by atoms with Crippen LogP contribution in [0.1, 0.15) is 59.2 Å². The molecule has 1 aliphatic heterocycles. The Bertz CT molecular complexity index is 1270. The summed E-state index contributed by atoms with van der Waals surface area (Å²) in [5.41, 5.74) is 10.4. The molecule has 2 aliphatic rings. The van der Waals surface area contributed by atoms with E-state index in [9.17, 15) is 0 Å². The number of nitrogens with zero attached hydrogens (tertiary/aromatic N) is 7. The Morgan fingerprint density at radius 3 is 2.57 bits per heavy atom. The fourth-order valence-corrected chi connectivity index (χ4v) is 5.44. The maximum absolute atomic E-state index is 5.64. The van der Waals surface area contributed by atoms with Gasteiger partial charge in [0, 0.05) is 50.1 Å². The number of ether oxygens (including phenoxy) is 1. The predicted octanol–water partition coefficient (Wildman–Crippen LogP) is 4.51. The van der Waals surface area contributed by atoms with Crippen LogP contribution < -0.4 is 5.73 Å². The van der Waals surface area contributed by atoms with Gasteiger partial charge >= 0.3 is 0 Å². The molecule has 9 nitrogen and oxygen atoms in total. The third-order valence-electron chi connectivity index (χ3n) is 7.12. The monoisotopic (exact) mass is 478 g/mol. The van der Waals surface area contributed by atoms with Crippen molar-refractivity contribution in [3.05, 3.63) is 36.5 Å². The number of hydrogen-bond donors (Lipinski definition) is 1. The van der Waals surface area contributed by atoms with Gasteiger partial charge in [-0.05, 0) is 45.7 Å². The molecule has 0 atom stereocenters. The molecule has 5 heterocycles. The lowest BCUT2D eigenvalue weighted by Crippen LogP contribution is -2.44. The largest absolute Gasteiger partial charge is 0.379 e. The second-order valence-corrected chi connectivity index (χ2v) is 9.81. The Hall–Kier alpha value is -3.04. The maximum atomic E-state index is 5.64. The van der Waals surface area contributed by atoms with Crippen LogP contribution in [0.15, 0.2) is 30.7 Å². The second kappa shape index (κ2) is 10.3. The topological polar surface area (TPSA) is 99.4 Å². The standard InChI is InChI=1S/C16H17N7.C10H19NO.H2/c1-9(2)23-10(3)20-15-13(23)6-11(7-18-15)12-4-5-22-14(12)8-19-16(17)21-22;1-2-4-10(5-3-1)11-6-8-12-9-7-11;/h4-9H,1-3H3,(H2,17,21);10H,1-9H2;1H. The van der Waals surface area contributed by atoms with Crippen molar-refractivity contribution in [3.63, 3.8) is 0 Å². The molecule has 1 saturated heterocycles. The first kappa shape index (κ1) is 23.7. The summed E-state index contributed by atoms with van der Waals surface area (Å²) in [5.74, 6) is 1.22. The highest BCUT2D eigenvalue weighted by Gasteiger charge is 2.22. The Morgan fingerprint density at radius 1 is 1.06 bits per heavy atom. The molecule has 0 bridgehead atoms. The molecule has 0 spiro atoms. The summed E-state index contributed by atoms with van der Waals surface area (Å²) in [6.45, 7) is 10.5. The van der Waals surface area contributed by atoms with Crippen molar-refractivity contribution >= 4 is 22.6 Å². The number of rotatable bonds is 3. The summed E-state index contributed by atoms with van der Waals surface area (Å²) >= 11 is 0. The van der Waals surface area contributed by atoms with Crippen molar-refractivity contribution in [1.82, 2.24) is 34.0 Å². The molecule has 0 unspecified atom stereocenters. The van der Waals surface area contributed by atoms with E-state index in [0.29, 0.717) is 6.04 Å². The highest BCUT2D eigenvalue weighted by molar-refractivity contribution is 5.85. The molecule has 1 saturated carbocycles. The summed E-state index contributed by atoms with van der Waals surface area (Å²) in [4.78, 5) is 15.8. The summed E-state index contributed by atoms with van der Waals surface area (Å²) in [6.07, 6.45) is 12.7. The summed E-state index contributed by atoms with van der Waals surface area (Å²) in [6, 6.07) is 5.33. The van der Waals surface area contributed by atoms with Gasteiger partial charge in [-0.15, -0.1) is 5.10 Å². The molecule has 2 N–H and O–H groups in total. The minimum absolute atomic E-state index is 0. The van der Waals surface area contributed by atoms with Gasteiger partial charge in [0.15, 0.2) is 5.65 Å². The Balaban J connectivity index is 0.000000198. The van der Waals surface area contributed by atoms with Crippen LogP contribution in [0.4, 0.5) is 5.95 Å². The van der Waals surface area contributed by atoms with E-state index in [1.807, 2.05) is 25.4 Å². The average Bonchev–Trinajstić information content (AvgIpc) is 3.44. The summed E-state index contributed by atoms with van der Waals surface area (Å²) in [7, 11) is 0. The molecular formula is C26H38N8O. The molecule has 0 amide bonds. The normalized spacial score (nSPS) is 17.7. The lowest BCUT2D eigenvalue weighted by molar-refractivity contribution is 0.00858. The van der Waals surface area contributed by atoms with Gasteiger partial charge in [0.05, 0.1) is 30.4 Å². The Kier molecular flexibility index (Phi) is 6.97. The van der Waals surface area contributed by atoms with Crippen molar-refractivity contribution < 1.29 is 6.16 Å². The third kappa shape index (κ3) is 5.01. The molecule has 0 radical (unpaired) electrons. The first-order valence-corrected chi connectivity index (χ1v) is 12.8. The predicted molar refractivity (Wildman–Crippen MR) is 140 cm³/mol. The molecule has 2 fully saturated rings. The van der Waals surface area contributed by atoms with Crippen LogP contribution in [0.5, 0.6) is 0 Å². The van der Waals surface area contributed by atoms with Gasteiger partial charge in [0.25, 0.3) is 0 Å². The van der Waals surface area contributed by atoms with E-state index in [-0.39, 0.29) is 7.37 Å². The number of aryl methyl sites for hydroxylation is 1. The van der Waals surface area contributed by atoms with Crippen LogP contribution in [0.2, 0.25) is 0 Å². The minimum atomic E-state index is 0. The van der Waals surface area contributed by atoms with E-state index in [1.165, 1.54) is 45.2 Å². The van der Waals surface area contributed by atoms with Gasteiger partial charge in [-0.25, -0.2) is 19.5 Å². The van der Waals surface area contributed by atoms with E-state index < -0.39 is 0 Å². The molecule has 4 aromatic rings. The fraction of sp³-hybridized carbons (Fsp3) is 0.538. The average molecular weight is 479 g/mol. The lowest BCUT2D eigenvalue weighted by Gasteiger charge is -2.36. The number of anilines is 1. The smallest absolute Gasteiger partial charge is 0.238 e. The summed E-state index contributed by atoms with van der Waals surface area (Å²) in [5, 5.41) is 4.18. The maximum Gasteiger partial charge on any atom is 0.238 e. The molecule has 35 heavy (non-hydrogen) atoms. The number of fused-ring (bicyclic) bond motifs is 2. The highest BCUT2D eigenvalue weighted by Crippen LogP contribution is 2.28. The molecule has 1 aliphatic carbocycles. The van der Waals surface area contributed by atoms with Crippen LogP contribution in [0.25, 0.3) is 27.8 Å². The number of hydrogen-bond acceptors (Lipinski definition) is 7. The quantitative estimate of drug-likeness (QED) is 0.462. The number of nitrogens with two attached hydrogens (primary N) is 1. The number of morpholine rings is 1. The van der Waals surface area contributed by atoms with E-state index in [2.05, 4.69) is 49.4 Å². The summed E-state index contributed by atoms with van der Waals surface area (Å²) < 4.78 is 9.27. The van der Waals surface area contributed by atoms with Crippen LogP contribution >= 0.6 is 0 Å². The SMILES string of the molecule is C1CCC(N2CCOCC2)CC1.Cc1nc2ncc(-c3ccn4nc(N)ncc34)cc2n1C(C)C.[HH]. The number of pyridine rings is 1. The van der Waals surface area contributed by atoms with Crippen LogP contribution in [-0.2, 0) is 4.74 Å². The fourth-order valence-electron chi connectivity index (χ4n) is 5.44. The molecule has 4 aromatic heterocycles. The van der Waals surface area contributed by atoms with Gasteiger partial charge < -0.3 is 15.0 Å². The number of nitrogen functional groups attached to an aromatic ring is 1. The van der Waals surface area contributed by atoms with Crippen LogP contribution in [0, 0.1) is 6.92 Å². The van der Waals surface area contributed by atoms with Crippen molar-refractivity contribution in [3.8, 4) is 11.1 Å². The second-order valence-electron chi connectivity index (χ2n) is 9.81. The van der Waals surface area contributed by atoms with Crippen molar-refractivity contribution in [2.75, 3.05) is 32.0 Å². The zero-order valence-electron chi connectivity index (χ0n) is 21.0. The highest BCUT2D eigenvalue weighted by atomic mass is 16.5. The number of aromatic nitrogens is 6. The van der Waals surface area contributed by atoms with E-state index >= 15 is 0 Å². The van der Waals surface area contributed by atoms with E-state index in [0.717, 1.165) is 52.9 Å². The third-order valence-corrected chi connectivity index (χ3v) is 7.12. The van der Waals surface area contributed by atoms with E-state index in [4.69, 9.17) is 10.5 Å². The first-order chi connectivity index (χ1) is 17.0. The van der Waals surface area contributed by atoms with Gasteiger partial charge in [-0.2, -0.15) is 0 Å². The molecule has 0 aromatic carbocycles. The van der Waals surface area contributed by atoms with Crippen LogP contribution in [-0.4, -0.2) is 66.4 Å². The zero-order valence-corrected chi connectivity index (χ0v) is 21.0. The lowest BCUT2D eigenvalue weighted by atomic mass is 9.94. The first-order valence-electron chi connectivity index (χ1n) is 12.8. The van der Waals surface area contributed by atoms with Crippen molar-refractivity contribution in [1.29, 1.82) is 0 Å². The van der Waals surface area contributed by atoms with Crippen LogP contribution in [0.3, 0.4) is 0 Å². The molecule has 9 heteroatoms. The molecular weight excluding hydrogens is 440 g/mol. The van der Waals surface area contributed by atoms with Gasteiger partial charge in [0.2, 0.25) is 5.95 Å². The van der Waals surface area contributed by atoms with Crippen molar-refractivity contribution in [2.24, 2.45) is 0 Å².